The molecule has 4 heteroatoms. The first-order chi connectivity index (χ1) is 10.2. The van der Waals surface area contributed by atoms with Crippen molar-refractivity contribution in [2.24, 2.45) is 0 Å². The summed E-state index contributed by atoms with van der Waals surface area (Å²) in [6.07, 6.45) is 0.918. The summed E-state index contributed by atoms with van der Waals surface area (Å²) < 4.78 is 5.51. The number of carbonyl (C=O) groups is 1. The number of nitriles is 1. The Morgan fingerprint density at radius 3 is 2.67 bits per heavy atom. The second kappa shape index (κ2) is 7.11. The highest BCUT2D eigenvalue weighted by Gasteiger charge is 2.07. The maximum absolute atomic E-state index is 12.2. The van der Waals surface area contributed by atoms with Gasteiger partial charge >= 0.3 is 0 Å². The average molecular weight is 280 g/mol. The van der Waals surface area contributed by atoms with E-state index in [1.54, 1.807) is 42.5 Å². The number of benzene rings is 2. The van der Waals surface area contributed by atoms with Gasteiger partial charge in [0.25, 0.3) is 5.91 Å². The summed E-state index contributed by atoms with van der Waals surface area (Å²) in [6, 6.07) is 15.8. The van der Waals surface area contributed by atoms with Crippen molar-refractivity contribution >= 4 is 11.6 Å². The quantitative estimate of drug-likeness (QED) is 0.910. The molecule has 0 radical (unpaired) electrons. The Morgan fingerprint density at radius 2 is 2.00 bits per heavy atom. The zero-order chi connectivity index (χ0) is 15.1. The summed E-state index contributed by atoms with van der Waals surface area (Å²) in [5.74, 6) is 0.478. The lowest BCUT2D eigenvalue weighted by molar-refractivity contribution is 0.102. The predicted octanol–water partition coefficient (Wildman–Crippen LogP) is 3.60. The van der Waals surface area contributed by atoms with Crippen LogP contribution >= 0.6 is 0 Å². The molecule has 106 valence electrons. The van der Waals surface area contributed by atoms with Crippen LogP contribution in [0.2, 0.25) is 0 Å². The van der Waals surface area contributed by atoms with Gasteiger partial charge in [0, 0.05) is 11.3 Å². The number of carbonyl (C=O) groups excluding carboxylic acids is 1. The third kappa shape index (κ3) is 4.08. The maximum atomic E-state index is 12.2. The van der Waals surface area contributed by atoms with Crippen LogP contribution in [0.15, 0.2) is 48.5 Å². The third-order valence-electron chi connectivity index (χ3n) is 2.84. The molecule has 0 heterocycles. The van der Waals surface area contributed by atoms with Crippen LogP contribution < -0.4 is 10.1 Å². The van der Waals surface area contributed by atoms with Crippen molar-refractivity contribution in [1.82, 2.24) is 0 Å². The molecule has 2 aromatic carbocycles. The molecule has 4 nitrogen and oxygen atoms in total. The van der Waals surface area contributed by atoms with Crippen LogP contribution in [0.4, 0.5) is 5.69 Å². The Kier molecular flexibility index (Phi) is 4.94. The summed E-state index contributed by atoms with van der Waals surface area (Å²) in [5, 5.41) is 11.5. The molecule has 0 aliphatic rings. The Balaban J connectivity index is 2.07. The lowest BCUT2D eigenvalue weighted by Gasteiger charge is -2.08. The molecule has 1 amide bonds. The molecule has 0 fully saturated rings. The topological polar surface area (TPSA) is 62.1 Å². The van der Waals surface area contributed by atoms with Crippen LogP contribution in [-0.4, -0.2) is 12.5 Å². The summed E-state index contributed by atoms with van der Waals surface area (Å²) in [6.45, 7) is 2.65. The van der Waals surface area contributed by atoms with Gasteiger partial charge in [-0.3, -0.25) is 4.79 Å². The smallest absolute Gasteiger partial charge is 0.255 e. The van der Waals surface area contributed by atoms with Crippen molar-refractivity contribution in [3.05, 3.63) is 59.7 Å². The Bertz CT molecular complexity index is 657. The fourth-order valence-corrected chi connectivity index (χ4v) is 1.78. The highest BCUT2D eigenvalue weighted by molar-refractivity contribution is 6.04. The van der Waals surface area contributed by atoms with Gasteiger partial charge in [0.2, 0.25) is 0 Å². The Morgan fingerprint density at radius 1 is 1.24 bits per heavy atom. The van der Waals surface area contributed by atoms with Crippen molar-refractivity contribution < 1.29 is 9.53 Å². The number of rotatable bonds is 5. The molecule has 2 aromatic rings. The van der Waals surface area contributed by atoms with E-state index in [-0.39, 0.29) is 5.91 Å². The fraction of sp³-hybridized carbons (Fsp3) is 0.176. The lowest BCUT2D eigenvalue weighted by atomic mass is 10.2. The van der Waals surface area contributed by atoms with Crippen LogP contribution in [-0.2, 0) is 0 Å². The molecule has 0 aliphatic heterocycles. The first kappa shape index (κ1) is 14.6. The highest BCUT2D eigenvalue weighted by atomic mass is 16.5. The summed E-state index contributed by atoms with van der Waals surface area (Å²) >= 11 is 0. The van der Waals surface area contributed by atoms with Gasteiger partial charge in [0.05, 0.1) is 18.2 Å². The molecular formula is C17H16N2O2. The largest absolute Gasteiger partial charge is 0.494 e. The van der Waals surface area contributed by atoms with E-state index in [2.05, 4.69) is 5.32 Å². The van der Waals surface area contributed by atoms with Crippen molar-refractivity contribution in [1.29, 1.82) is 5.26 Å². The van der Waals surface area contributed by atoms with Crippen molar-refractivity contribution in [3.63, 3.8) is 0 Å². The summed E-state index contributed by atoms with van der Waals surface area (Å²) in [5.41, 5.74) is 1.75. The summed E-state index contributed by atoms with van der Waals surface area (Å²) in [4.78, 5) is 12.2. The number of hydrogen-bond acceptors (Lipinski definition) is 3. The monoisotopic (exact) mass is 280 g/mol. The molecule has 0 aliphatic carbocycles. The predicted molar refractivity (Wildman–Crippen MR) is 81.3 cm³/mol. The summed E-state index contributed by atoms with van der Waals surface area (Å²) in [7, 11) is 0. The second-order valence-corrected chi connectivity index (χ2v) is 4.52. The minimum absolute atomic E-state index is 0.207. The van der Waals surface area contributed by atoms with Crippen LogP contribution in [0.3, 0.4) is 0 Å². The van der Waals surface area contributed by atoms with E-state index >= 15 is 0 Å². The zero-order valence-corrected chi connectivity index (χ0v) is 11.8. The molecule has 0 atom stereocenters. The van der Waals surface area contributed by atoms with Gasteiger partial charge in [-0.2, -0.15) is 5.26 Å². The van der Waals surface area contributed by atoms with E-state index in [0.29, 0.717) is 29.2 Å². The third-order valence-corrected chi connectivity index (χ3v) is 2.84. The first-order valence-corrected chi connectivity index (χ1v) is 6.77. The van der Waals surface area contributed by atoms with Gasteiger partial charge in [-0.25, -0.2) is 0 Å². The number of ether oxygens (including phenoxy) is 1. The Hall–Kier alpha value is -2.80. The van der Waals surface area contributed by atoms with E-state index in [0.717, 1.165) is 6.42 Å². The molecule has 0 saturated heterocycles. The van der Waals surface area contributed by atoms with Gasteiger partial charge in [-0.15, -0.1) is 0 Å². The van der Waals surface area contributed by atoms with Crippen LogP contribution in [0.25, 0.3) is 0 Å². The lowest BCUT2D eigenvalue weighted by Crippen LogP contribution is -2.12. The fourth-order valence-electron chi connectivity index (χ4n) is 1.78. The minimum Gasteiger partial charge on any atom is -0.494 e. The number of hydrogen-bond donors (Lipinski definition) is 1. The molecule has 0 aromatic heterocycles. The molecule has 0 unspecified atom stereocenters. The molecule has 0 bridgehead atoms. The molecule has 2 rings (SSSR count). The molecular weight excluding hydrogens is 264 g/mol. The van der Waals surface area contributed by atoms with Gasteiger partial charge in [-0.1, -0.05) is 13.0 Å². The SMILES string of the molecule is CCCOc1cccc(C(=O)Nc2ccc(C#N)cc2)c1. The van der Waals surface area contributed by atoms with E-state index in [9.17, 15) is 4.79 Å². The highest BCUT2D eigenvalue weighted by Crippen LogP contribution is 2.16. The number of nitrogens with zero attached hydrogens (tertiary/aromatic N) is 1. The molecule has 21 heavy (non-hydrogen) atoms. The molecule has 1 N–H and O–H groups in total. The standard InChI is InChI=1S/C17H16N2O2/c1-2-10-21-16-5-3-4-14(11-16)17(20)19-15-8-6-13(12-18)7-9-15/h3-9,11H,2,10H2,1H3,(H,19,20). The van der Waals surface area contributed by atoms with Gasteiger partial charge in [0.1, 0.15) is 5.75 Å². The van der Waals surface area contributed by atoms with Gasteiger partial charge in [-0.05, 0) is 48.9 Å². The maximum Gasteiger partial charge on any atom is 0.255 e. The van der Waals surface area contributed by atoms with Crippen LogP contribution in [0.1, 0.15) is 29.3 Å². The van der Waals surface area contributed by atoms with E-state index < -0.39 is 0 Å². The molecule has 0 spiro atoms. The van der Waals surface area contributed by atoms with Crippen LogP contribution in [0.5, 0.6) is 5.75 Å². The number of nitrogens with one attached hydrogen (secondary N) is 1. The minimum atomic E-state index is -0.207. The Labute approximate surface area is 124 Å². The van der Waals surface area contributed by atoms with Crippen LogP contribution in [0, 0.1) is 11.3 Å². The van der Waals surface area contributed by atoms with E-state index in [1.807, 2.05) is 19.1 Å². The normalized spacial score (nSPS) is 9.71. The van der Waals surface area contributed by atoms with Crippen molar-refractivity contribution in [2.45, 2.75) is 13.3 Å². The number of amides is 1. The van der Waals surface area contributed by atoms with Gasteiger partial charge < -0.3 is 10.1 Å². The second-order valence-electron chi connectivity index (χ2n) is 4.52. The zero-order valence-electron chi connectivity index (χ0n) is 11.8. The molecule has 0 saturated carbocycles. The average Bonchev–Trinajstić information content (AvgIpc) is 2.54. The van der Waals surface area contributed by atoms with Crippen molar-refractivity contribution in [3.8, 4) is 11.8 Å². The van der Waals surface area contributed by atoms with E-state index in [4.69, 9.17) is 10.00 Å². The van der Waals surface area contributed by atoms with Gasteiger partial charge in [0.15, 0.2) is 0 Å². The number of anilines is 1. The van der Waals surface area contributed by atoms with E-state index in [1.165, 1.54) is 0 Å². The first-order valence-electron chi connectivity index (χ1n) is 6.77. The van der Waals surface area contributed by atoms with Crippen molar-refractivity contribution in [2.75, 3.05) is 11.9 Å².